The van der Waals surface area contributed by atoms with Crippen LogP contribution in [0.3, 0.4) is 0 Å². The van der Waals surface area contributed by atoms with Crippen molar-refractivity contribution >= 4 is 0 Å². The van der Waals surface area contributed by atoms with E-state index in [4.69, 9.17) is 4.74 Å². The summed E-state index contributed by atoms with van der Waals surface area (Å²) >= 11 is 0. The number of likely N-dealkylation sites (N-methyl/N-ethyl adjacent to an activating group) is 1. The maximum absolute atomic E-state index is 6.19. The maximum Gasteiger partial charge on any atom is 0.0834 e. The maximum atomic E-state index is 6.19. The minimum atomic E-state index is 0.145. The third kappa shape index (κ3) is 5.73. The topological polar surface area (TPSA) is 21.3 Å². The molecular formula is C18H37NO. The van der Waals surface area contributed by atoms with E-state index in [0.717, 1.165) is 6.61 Å². The molecule has 0 saturated heterocycles. The molecule has 120 valence electrons. The Morgan fingerprint density at radius 1 is 0.950 bits per heavy atom. The van der Waals surface area contributed by atoms with Gasteiger partial charge in [-0.3, -0.25) is 0 Å². The highest BCUT2D eigenvalue weighted by Gasteiger charge is 2.40. The van der Waals surface area contributed by atoms with Crippen LogP contribution < -0.4 is 5.32 Å². The largest absolute Gasteiger partial charge is 0.374 e. The summed E-state index contributed by atoms with van der Waals surface area (Å²) in [5, 5.41) is 3.56. The first-order valence-corrected chi connectivity index (χ1v) is 9.10. The zero-order valence-electron chi connectivity index (χ0n) is 14.2. The molecular weight excluding hydrogens is 246 g/mol. The Morgan fingerprint density at radius 2 is 1.55 bits per heavy atom. The highest BCUT2D eigenvalue weighted by atomic mass is 16.5. The van der Waals surface area contributed by atoms with Crippen molar-refractivity contribution in [2.45, 2.75) is 103 Å². The Balaban J connectivity index is 2.24. The van der Waals surface area contributed by atoms with E-state index in [2.05, 4.69) is 26.2 Å². The van der Waals surface area contributed by atoms with Crippen molar-refractivity contribution in [2.75, 3.05) is 13.7 Å². The molecule has 0 spiro atoms. The molecule has 1 N–H and O–H groups in total. The lowest BCUT2D eigenvalue weighted by Gasteiger charge is -2.37. The Labute approximate surface area is 127 Å². The number of rotatable bonds is 12. The smallest absolute Gasteiger partial charge is 0.0834 e. The van der Waals surface area contributed by atoms with Gasteiger partial charge in [-0.2, -0.15) is 0 Å². The van der Waals surface area contributed by atoms with Crippen LogP contribution in [0.25, 0.3) is 0 Å². The standard InChI is InChI=1S/C18H37NO/c1-4-6-7-8-9-10-11-14-17(19-3)18(20-5-2)15-12-13-16-18/h17,19H,4-16H2,1-3H3. The predicted octanol–water partition coefficient (Wildman–Crippen LogP) is 5.06. The normalized spacial score (nSPS) is 19.4. The third-order valence-electron chi connectivity index (χ3n) is 4.96. The molecule has 1 rings (SSSR count). The minimum absolute atomic E-state index is 0.145. The molecule has 20 heavy (non-hydrogen) atoms. The van der Waals surface area contributed by atoms with Gasteiger partial charge in [-0.15, -0.1) is 0 Å². The van der Waals surface area contributed by atoms with Gasteiger partial charge >= 0.3 is 0 Å². The van der Waals surface area contributed by atoms with Crippen LogP contribution in [0.2, 0.25) is 0 Å². The van der Waals surface area contributed by atoms with E-state index >= 15 is 0 Å². The minimum Gasteiger partial charge on any atom is -0.374 e. The molecule has 0 amide bonds. The Hall–Kier alpha value is -0.0800. The molecule has 0 aliphatic heterocycles. The second-order valence-electron chi connectivity index (χ2n) is 6.46. The molecule has 0 aromatic carbocycles. The van der Waals surface area contributed by atoms with Gasteiger partial charge < -0.3 is 10.1 Å². The number of ether oxygens (including phenoxy) is 1. The lowest BCUT2D eigenvalue weighted by Crippen LogP contribution is -2.49. The molecule has 0 bridgehead atoms. The van der Waals surface area contributed by atoms with Crippen molar-refractivity contribution in [1.82, 2.24) is 5.32 Å². The summed E-state index contributed by atoms with van der Waals surface area (Å²) in [4.78, 5) is 0. The molecule has 1 aliphatic carbocycles. The first-order chi connectivity index (χ1) is 9.79. The van der Waals surface area contributed by atoms with E-state index in [9.17, 15) is 0 Å². The van der Waals surface area contributed by atoms with E-state index in [1.165, 1.54) is 77.0 Å². The van der Waals surface area contributed by atoms with Gasteiger partial charge in [-0.05, 0) is 33.2 Å². The number of hydrogen-bond donors (Lipinski definition) is 1. The van der Waals surface area contributed by atoms with Gasteiger partial charge in [0.25, 0.3) is 0 Å². The lowest BCUT2D eigenvalue weighted by atomic mass is 9.88. The summed E-state index contributed by atoms with van der Waals surface area (Å²) in [6.45, 7) is 5.28. The second kappa shape index (κ2) is 10.6. The molecule has 0 aromatic rings. The Bertz CT molecular complexity index is 223. The molecule has 1 atom stereocenters. The number of unbranched alkanes of at least 4 members (excludes halogenated alkanes) is 6. The van der Waals surface area contributed by atoms with Crippen molar-refractivity contribution in [3.05, 3.63) is 0 Å². The van der Waals surface area contributed by atoms with E-state index in [1.807, 2.05) is 0 Å². The van der Waals surface area contributed by atoms with Gasteiger partial charge in [0.05, 0.1) is 5.60 Å². The Kier molecular flexibility index (Phi) is 9.54. The summed E-state index contributed by atoms with van der Waals surface area (Å²) in [6, 6.07) is 0.556. The summed E-state index contributed by atoms with van der Waals surface area (Å²) in [5.41, 5.74) is 0.145. The van der Waals surface area contributed by atoms with Crippen LogP contribution in [0.15, 0.2) is 0 Å². The molecule has 2 nitrogen and oxygen atoms in total. The molecule has 1 saturated carbocycles. The fourth-order valence-electron chi connectivity index (χ4n) is 3.83. The van der Waals surface area contributed by atoms with Crippen molar-refractivity contribution in [3.63, 3.8) is 0 Å². The Morgan fingerprint density at radius 3 is 2.10 bits per heavy atom. The van der Waals surface area contributed by atoms with E-state index in [0.29, 0.717) is 6.04 Å². The molecule has 0 radical (unpaired) electrons. The van der Waals surface area contributed by atoms with Crippen LogP contribution in [-0.4, -0.2) is 25.3 Å². The van der Waals surface area contributed by atoms with Crippen molar-refractivity contribution in [2.24, 2.45) is 0 Å². The molecule has 0 heterocycles. The predicted molar refractivity (Wildman–Crippen MR) is 88.3 cm³/mol. The SMILES string of the molecule is CCCCCCCCCC(NC)C1(OCC)CCCC1. The van der Waals surface area contributed by atoms with Crippen molar-refractivity contribution in [1.29, 1.82) is 0 Å². The van der Waals surface area contributed by atoms with Crippen LogP contribution >= 0.6 is 0 Å². The summed E-state index contributed by atoms with van der Waals surface area (Å²) in [5.74, 6) is 0. The highest BCUT2D eigenvalue weighted by Crippen LogP contribution is 2.37. The van der Waals surface area contributed by atoms with Crippen molar-refractivity contribution < 1.29 is 4.74 Å². The first kappa shape index (κ1) is 18.0. The fraction of sp³-hybridized carbons (Fsp3) is 1.00. The average molecular weight is 284 g/mol. The molecule has 1 unspecified atom stereocenters. The van der Waals surface area contributed by atoms with Gasteiger partial charge in [0.2, 0.25) is 0 Å². The van der Waals surface area contributed by atoms with Crippen molar-refractivity contribution in [3.8, 4) is 0 Å². The third-order valence-corrected chi connectivity index (χ3v) is 4.96. The molecule has 1 aliphatic rings. The second-order valence-corrected chi connectivity index (χ2v) is 6.46. The molecule has 0 aromatic heterocycles. The van der Waals surface area contributed by atoms with Crippen LogP contribution in [0.1, 0.15) is 90.9 Å². The first-order valence-electron chi connectivity index (χ1n) is 9.10. The molecule has 1 fully saturated rings. The summed E-state index contributed by atoms with van der Waals surface area (Å²) < 4.78 is 6.19. The van der Waals surface area contributed by atoms with Crippen LogP contribution in [0.4, 0.5) is 0 Å². The number of nitrogens with one attached hydrogen (secondary N) is 1. The average Bonchev–Trinajstić information content (AvgIpc) is 2.92. The van der Waals surface area contributed by atoms with Gasteiger partial charge in [-0.25, -0.2) is 0 Å². The van der Waals surface area contributed by atoms with Crippen LogP contribution in [0, 0.1) is 0 Å². The van der Waals surface area contributed by atoms with Crippen LogP contribution in [-0.2, 0) is 4.74 Å². The highest BCUT2D eigenvalue weighted by molar-refractivity contribution is 4.96. The van der Waals surface area contributed by atoms with E-state index in [1.54, 1.807) is 0 Å². The fourth-order valence-corrected chi connectivity index (χ4v) is 3.83. The summed E-state index contributed by atoms with van der Waals surface area (Å²) in [6.07, 6.45) is 16.2. The van der Waals surface area contributed by atoms with Gasteiger partial charge in [0.15, 0.2) is 0 Å². The molecule has 2 heteroatoms. The number of hydrogen-bond acceptors (Lipinski definition) is 2. The quantitative estimate of drug-likeness (QED) is 0.505. The van der Waals surface area contributed by atoms with E-state index in [-0.39, 0.29) is 5.60 Å². The summed E-state index contributed by atoms with van der Waals surface area (Å²) in [7, 11) is 2.12. The lowest BCUT2D eigenvalue weighted by molar-refractivity contribution is -0.0620. The van der Waals surface area contributed by atoms with Gasteiger partial charge in [-0.1, -0.05) is 64.7 Å². The van der Waals surface area contributed by atoms with Gasteiger partial charge in [0, 0.05) is 12.6 Å². The zero-order chi connectivity index (χ0) is 14.7. The van der Waals surface area contributed by atoms with Crippen LogP contribution in [0.5, 0.6) is 0 Å². The zero-order valence-corrected chi connectivity index (χ0v) is 14.2. The van der Waals surface area contributed by atoms with E-state index < -0.39 is 0 Å². The van der Waals surface area contributed by atoms with Gasteiger partial charge in [0.1, 0.15) is 0 Å². The monoisotopic (exact) mass is 283 g/mol.